The molecule has 0 aliphatic heterocycles. The minimum Gasteiger partial charge on any atom is -0.310 e. The third kappa shape index (κ3) is 2.90. The van der Waals surface area contributed by atoms with Crippen molar-refractivity contribution >= 4 is 0 Å². The average molecular weight is 270 g/mol. The largest absolute Gasteiger partial charge is 0.310 e. The Labute approximate surface area is 120 Å². The van der Waals surface area contributed by atoms with Crippen LogP contribution in [0.1, 0.15) is 38.2 Å². The van der Waals surface area contributed by atoms with Gasteiger partial charge in [0.25, 0.3) is 0 Å². The Morgan fingerprint density at radius 2 is 2.20 bits per heavy atom. The zero-order valence-electron chi connectivity index (χ0n) is 12.0. The number of aromatic amines is 1. The van der Waals surface area contributed by atoms with Crippen molar-refractivity contribution in [3.63, 3.8) is 0 Å². The molecule has 20 heavy (non-hydrogen) atoms. The van der Waals surface area contributed by atoms with Crippen molar-refractivity contribution in [3.8, 4) is 11.3 Å². The number of rotatable bonds is 4. The first-order chi connectivity index (χ1) is 9.84. The summed E-state index contributed by atoms with van der Waals surface area (Å²) in [5.41, 5.74) is 3.39. The third-order valence-corrected chi connectivity index (χ3v) is 4.33. The van der Waals surface area contributed by atoms with Crippen LogP contribution in [-0.2, 0) is 6.54 Å². The van der Waals surface area contributed by atoms with E-state index in [0.717, 1.165) is 23.7 Å². The summed E-state index contributed by atoms with van der Waals surface area (Å²) in [5.74, 6) is 0.775. The quantitative estimate of drug-likeness (QED) is 0.897. The number of hydrogen-bond donors (Lipinski definition) is 2. The van der Waals surface area contributed by atoms with Gasteiger partial charge in [-0.15, -0.1) is 0 Å². The van der Waals surface area contributed by atoms with Crippen LogP contribution in [0, 0.1) is 5.92 Å². The first-order valence-electron chi connectivity index (χ1n) is 7.50. The van der Waals surface area contributed by atoms with Crippen LogP contribution in [0.3, 0.4) is 0 Å². The van der Waals surface area contributed by atoms with E-state index in [1.54, 1.807) is 6.20 Å². The molecule has 0 aromatic carbocycles. The highest BCUT2D eigenvalue weighted by Crippen LogP contribution is 2.25. The van der Waals surface area contributed by atoms with Crippen LogP contribution < -0.4 is 5.32 Å². The Balaban J connectivity index is 1.68. The van der Waals surface area contributed by atoms with Gasteiger partial charge >= 0.3 is 0 Å². The number of nitrogens with zero attached hydrogens (tertiary/aromatic N) is 2. The number of pyridine rings is 1. The van der Waals surface area contributed by atoms with Gasteiger partial charge in [0.15, 0.2) is 0 Å². The van der Waals surface area contributed by atoms with Gasteiger partial charge in [0.05, 0.1) is 11.9 Å². The lowest BCUT2D eigenvalue weighted by Crippen LogP contribution is -2.36. The molecule has 4 heteroatoms. The lowest BCUT2D eigenvalue weighted by atomic mass is 9.86. The monoisotopic (exact) mass is 270 g/mol. The maximum Gasteiger partial charge on any atom is 0.0710 e. The van der Waals surface area contributed by atoms with Crippen molar-refractivity contribution < 1.29 is 0 Å². The Bertz CT molecular complexity index is 534. The fourth-order valence-electron chi connectivity index (χ4n) is 3.07. The van der Waals surface area contributed by atoms with Crippen molar-refractivity contribution in [2.45, 2.75) is 45.2 Å². The maximum absolute atomic E-state index is 4.19. The van der Waals surface area contributed by atoms with Crippen LogP contribution in [0.4, 0.5) is 0 Å². The van der Waals surface area contributed by atoms with Gasteiger partial charge < -0.3 is 5.32 Å². The summed E-state index contributed by atoms with van der Waals surface area (Å²) in [6.45, 7) is 3.23. The van der Waals surface area contributed by atoms with Crippen molar-refractivity contribution in [1.29, 1.82) is 0 Å². The lowest BCUT2D eigenvalue weighted by Gasteiger charge is -2.29. The summed E-state index contributed by atoms with van der Waals surface area (Å²) >= 11 is 0. The van der Waals surface area contributed by atoms with E-state index in [-0.39, 0.29) is 0 Å². The molecule has 2 atom stereocenters. The van der Waals surface area contributed by atoms with E-state index in [9.17, 15) is 0 Å². The highest BCUT2D eigenvalue weighted by molar-refractivity contribution is 5.61. The smallest absolute Gasteiger partial charge is 0.0710 e. The topological polar surface area (TPSA) is 53.6 Å². The van der Waals surface area contributed by atoms with Crippen molar-refractivity contribution in [2.75, 3.05) is 0 Å². The fourth-order valence-corrected chi connectivity index (χ4v) is 3.07. The second-order valence-electron chi connectivity index (χ2n) is 5.76. The summed E-state index contributed by atoms with van der Waals surface area (Å²) in [4.78, 5) is 4.18. The molecule has 2 aromatic heterocycles. The molecular formula is C16H22N4. The first kappa shape index (κ1) is 13.3. The molecule has 2 unspecified atom stereocenters. The summed E-state index contributed by atoms with van der Waals surface area (Å²) in [5, 5.41) is 11.0. The number of aromatic nitrogens is 3. The minimum atomic E-state index is 0.639. The molecule has 1 fully saturated rings. The Morgan fingerprint density at radius 1 is 1.30 bits per heavy atom. The van der Waals surface area contributed by atoms with Gasteiger partial charge in [-0.05, 0) is 30.9 Å². The second kappa shape index (κ2) is 6.18. The van der Waals surface area contributed by atoms with E-state index in [2.05, 4.69) is 33.5 Å². The molecule has 3 rings (SSSR count). The van der Waals surface area contributed by atoms with Gasteiger partial charge in [0.2, 0.25) is 0 Å². The third-order valence-electron chi connectivity index (χ3n) is 4.33. The molecule has 4 nitrogen and oxygen atoms in total. The van der Waals surface area contributed by atoms with Crippen LogP contribution in [-0.4, -0.2) is 21.2 Å². The molecule has 2 heterocycles. The van der Waals surface area contributed by atoms with E-state index >= 15 is 0 Å². The molecule has 2 aromatic rings. The first-order valence-corrected chi connectivity index (χ1v) is 7.50. The molecule has 0 saturated heterocycles. The SMILES string of the molecule is CC1CCCCC1NCc1cn[nH]c1-c1cccnc1. The molecule has 0 radical (unpaired) electrons. The van der Waals surface area contributed by atoms with E-state index in [1.807, 2.05) is 18.5 Å². The predicted octanol–water partition coefficient (Wildman–Crippen LogP) is 3.14. The molecule has 0 amide bonds. The molecule has 106 valence electrons. The molecule has 1 aliphatic rings. The number of nitrogens with one attached hydrogen (secondary N) is 2. The Hall–Kier alpha value is -1.68. The van der Waals surface area contributed by atoms with Crippen LogP contribution in [0.2, 0.25) is 0 Å². The molecule has 1 aliphatic carbocycles. The number of H-pyrrole nitrogens is 1. The van der Waals surface area contributed by atoms with Crippen molar-refractivity contribution in [1.82, 2.24) is 20.5 Å². The standard InChI is InChI=1S/C16H22N4/c1-12-5-2-3-7-15(12)18-10-14-11-19-20-16(14)13-6-4-8-17-9-13/h4,6,8-9,11-12,15,18H,2-3,5,7,10H2,1H3,(H,19,20). The second-order valence-corrected chi connectivity index (χ2v) is 5.76. The Morgan fingerprint density at radius 3 is 3.00 bits per heavy atom. The van der Waals surface area contributed by atoms with E-state index < -0.39 is 0 Å². The van der Waals surface area contributed by atoms with E-state index in [4.69, 9.17) is 0 Å². The molecule has 0 bridgehead atoms. The van der Waals surface area contributed by atoms with E-state index in [1.165, 1.54) is 31.2 Å². The summed E-state index contributed by atoms with van der Waals surface area (Å²) in [6.07, 6.45) is 11.0. The number of hydrogen-bond acceptors (Lipinski definition) is 3. The van der Waals surface area contributed by atoms with Crippen LogP contribution in [0.25, 0.3) is 11.3 Å². The molecular weight excluding hydrogens is 248 g/mol. The zero-order chi connectivity index (χ0) is 13.8. The Kier molecular flexibility index (Phi) is 4.11. The van der Waals surface area contributed by atoms with Gasteiger partial charge in [0, 0.05) is 36.1 Å². The van der Waals surface area contributed by atoms with Gasteiger partial charge in [-0.3, -0.25) is 10.1 Å². The average Bonchev–Trinajstić information content (AvgIpc) is 2.96. The van der Waals surface area contributed by atoms with E-state index in [0.29, 0.717) is 6.04 Å². The molecule has 2 N–H and O–H groups in total. The maximum atomic E-state index is 4.19. The summed E-state index contributed by atoms with van der Waals surface area (Å²) in [6, 6.07) is 4.66. The van der Waals surface area contributed by atoms with Gasteiger partial charge in [-0.25, -0.2) is 0 Å². The van der Waals surface area contributed by atoms with Gasteiger partial charge in [-0.1, -0.05) is 19.8 Å². The molecule has 0 spiro atoms. The van der Waals surface area contributed by atoms with Crippen LogP contribution in [0.15, 0.2) is 30.7 Å². The van der Waals surface area contributed by atoms with Crippen LogP contribution >= 0.6 is 0 Å². The normalized spacial score (nSPS) is 22.9. The molecule has 1 saturated carbocycles. The zero-order valence-corrected chi connectivity index (χ0v) is 12.0. The minimum absolute atomic E-state index is 0.639. The lowest BCUT2D eigenvalue weighted by molar-refractivity contribution is 0.279. The summed E-state index contributed by atoms with van der Waals surface area (Å²) in [7, 11) is 0. The fraction of sp³-hybridized carbons (Fsp3) is 0.500. The van der Waals surface area contributed by atoms with Gasteiger partial charge in [0.1, 0.15) is 0 Å². The van der Waals surface area contributed by atoms with Crippen molar-refractivity contribution in [3.05, 3.63) is 36.3 Å². The summed E-state index contributed by atoms with van der Waals surface area (Å²) < 4.78 is 0. The van der Waals surface area contributed by atoms with Crippen molar-refractivity contribution in [2.24, 2.45) is 5.92 Å². The van der Waals surface area contributed by atoms with Crippen LogP contribution in [0.5, 0.6) is 0 Å². The highest BCUT2D eigenvalue weighted by Gasteiger charge is 2.21. The van der Waals surface area contributed by atoms with Gasteiger partial charge in [-0.2, -0.15) is 5.10 Å². The predicted molar refractivity (Wildman–Crippen MR) is 80.1 cm³/mol. The highest BCUT2D eigenvalue weighted by atomic mass is 15.1.